The largest absolute Gasteiger partial charge is 0.407 e. The van der Waals surface area contributed by atoms with Gasteiger partial charge in [-0.2, -0.15) is 0 Å². The van der Waals surface area contributed by atoms with E-state index >= 15 is 0 Å². The normalized spacial score (nSPS) is 19.7. The van der Waals surface area contributed by atoms with Crippen LogP contribution in [0.15, 0.2) is 48.5 Å². The molecular formula is C21H28N2O3Si2. The second-order valence-corrected chi connectivity index (χ2v) is 23.9. The highest BCUT2D eigenvalue weighted by Crippen LogP contribution is 2.48. The van der Waals surface area contributed by atoms with Crippen LogP contribution in [0.1, 0.15) is 38.3 Å². The molecule has 2 aromatic carbocycles. The van der Waals surface area contributed by atoms with Crippen molar-refractivity contribution in [3.8, 4) is 0 Å². The molecule has 2 amide bonds. The van der Waals surface area contributed by atoms with E-state index in [2.05, 4.69) is 26.2 Å². The first-order valence-electron chi connectivity index (χ1n) is 9.49. The maximum absolute atomic E-state index is 11.5. The Hall–Kier alpha value is -2.23. The molecule has 2 aromatic rings. The molecule has 148 valence electrons. The lowest BCUT2D eigenvalue weighted by Gasteiger charge is -2.52. The highest BCUT2D eigenvalue weighted by Gasteiger charge is 2.54. The molecule has 7 heteroatoms. The summed E-state index contributed by atoms with van der Waals surface area (Å²) in [6.45, 7) is 9.44. The summed E-state index contributed by atoms with van der Waals surface area (Å²) < 4.78 is 7.02. The highest BCUT2D eigenvalue weighted by atomic mass is 29.3. The van der Waals surface area contributed by atoms with Crippen LogP contribution in [0.25, 0.3) is 0 Å². The monoisotopic (exact) mass is 412 g/mol. The van der Waals surface area contributed by atoms with Crippen LogP contribution in [0.4, 0.5) is 0 Å². The van der Waals surface area contributed by atoms with Gasteiger partial charge in [0.05, 0.1) is 7.59 Å². The summed E-state index contributed by atoms with van der Waals surface area (Å²) in [5, 5.41) is 0. The number of benzene rings is 2. The zero-order valence-electron chi connectivity index (χ0n) is 16.9. The zero-order valence-corrected chi connectivity index (χ0v) is 18.9. The lowest BCUT2D eigenvalue weighted by molar-refractivity contribution is 0.0932. The Labute approximate surface area is 168 Å². The van der Waals surface area contributed by atoms with E-state index < -0.39 is 32.8 Å². The molecular weight excluding hydrogens is 384 g/mol. The molecule has 3 rings (SSSR count). The Morgan fingerprint density at radius 3 is 1.54 bits per heavy atom. The number of hydrogen-bond donors (Lipinski definition) is 2. The van der Waals surface area contributed by atoms with Crippen LogP contribution in [0.3, 0.4) is 0 Å². The van der Waals surface area contributed by atoms with Crippen LogP contribution >= 0.6 is 0 Å². The van der Waals surface area contributed by atoms with Crippen molar-refractivity contribution < 1.29 is 14.0 Å². The van der Waals surface area contributed by atoms with Crippen molar-refractivity contribution in [1.82, 2.24) is 0 Å². The maximum Gasteiger partial charge on any atom is 0.248 e. The summed E-state index contributed by atoms with van der Waals surface area (Å²) in [4.78, 5) is 23.0. The quantitative estimate of drug-likeness (QED) is 0.752. The predicted molar refractivity (Wildman–Crippen MR) is 116 cm³/mol. The molecule has 1 aliphatic heterocycles. The van der Waals surface area contributed by atoms with Gasteiger partial charge in [0.25, 0.3) is 0 Å². The topological polar surface area (TPSA) is 95.4 Å². The molecule has 28 heavy (non-hydrogen) atoms. The molecule has 1 aliphatic rings. The second kappa shape index (κ2) is 6.98. The van der Waals surface area contributed by atoms with Gasteiger partial charge in [0.1, 0.15) is 5.60 Å². The van der Waals surface area contributed by atoms with Crippen molar-refractivity contribution in [2.45, 2.75) is 44.3 Å². The molecule has 0 aliphatic carbocycles. The van der Waals surface area contributed by atoms with Crippen LogP contribution in [0, 0.1) is 0 Å². The molecule has 0 atom stereocenters. The van der Waals surface area contributed by atoms with Gasteiger partial charge in [0, 0.05) is 11.1 Å². The minimum Gasteiger partial charge on any atom is -0.407 e. The van der Waals surface area contributed by atoms with Gasteiger partial charge in [-0.05, 0) is 54.9 Å². The van der Waals surface area contributed by atoms with E-state index in [4.69, 9.17) is 15.9 Å². The van der Waals surface area contributed by atoms with Gasteiger partial charge in [-0.25, -0.2) is 0 Å². The first-order valence-corrected chi connectivity index (χ1v) is 16.6. The van der Waals surface area contributed by atoms with Gasteiger partial charge in [-0.1, -0.05) is 43.4 Å². The summed E-state index contributed by atoms with van der Waals surface area (Å²) in [6.07, 6.45) is 0.870. The number of nitrogens with two attached hydrogens (primary N) is 2. The maximum atomic E-state index is 11.5. The Bertz CT molecular complexity index is 849. The van der Waals surface area contributed by atoms with E-state index in [1.807, 2.05) is 24.3 Å². The van der Waals surface area contributed by atoms with E-state index in [9.17, 15) is 9.59 Å². The lowest BCUT2D eigenvalue weighted by atomic mass is 9.83. The minimum absolute atomic E-state index is 0.445. The first-order chi connectivity index (χ1) is 13.0. The number of primary amides is 2. The van der Waals surface area contributed by atoms with Gasteiger partial charge >= 0.3 is 0 Å². The van der Waals surface area contributed by atoms with Gasteiger partial charge in [0.2, 0.25) is 11.8 Å². The van der Waals surface area contributed by atoms with Crippen LogP contribution < -0.4 is 11.5 Å². The molecule has 0 unspecified atom stereocenters. The lowest BCUT2D eigenvalue weighted by Crippen LogP contribution is -2.64. The van der Waals surface area contributed by atoms with E-state index in [1.165, 1.54) is 0 Å². The summed E-state index contributed by atoms with van der Waals surface area (Å²) in [5.41, 5.74) is 13.2. The van der Waals surface area contributed by atoms with E-state index in [1.54, 1.807) is 24.3 Å². The fourth-order valence-corrected chi connectivity index (χ4v) is 10.4. The van der Waals surface area contributed by atoms with Gasteiger partial charge < -0.3 is 15.9 Å². The van der Waals surface area contributed by atoms with Gasteiger partial charge in [-0.15, -0.1) is 0 Å². The van der Waals surface area contributed by atoms with Crippen molar-refractivity contribution in [3.63, 3.8) is 0 Å². The Morgan fingerprint density at radius 1 is 0.821 bits per heavy atom. The fraction of sp³-hybridized carbons (Fsp3) is 0.333. The number of rotatable bonds is 4. The average Bonchev–Trinajstić information content (AvgIpc) is 2.64. The van der Waals surface area contributed by atoms with Crippen molar-refractivity contribution >= 4 is 27.2 Å². The number of hydrogen-bond acceptors (Lipinski definition) is 3. The summed E-state index contributed by atoms with van der Waals surface area (Å²) >= 11 is 0. The molecule has 0 bridgehead atoms. The SMILES string of the molecule is C[Si]1(C)CCC(c2ccc(C(N)=O)cc2)(c2ccc(C(N)=O)cc2)O[Si]1(C)C. The smallest absolute Gasteiger partial charge is 0.248 e. The van der Waals surface area contributed by atoms with E-state index in [0.29, 0.717) is 11.1 Å². The number of carbonyl (C=O) groups is 2. The third-order valence-corrected chi connectivity index (χ3v) is 22.9. The van der Waals surface area contributed by atoms with Crippen LogP contribution in [-0.4, -0.2) is 27.2 Å². The third-order valence-electron chi connectivity index (χ3n) is 6.43. The van der Waals surface area contributed by atoms with Crippen LogP contribution in [0.5, 0.6) is 0 Å². The van der Waals surface area contributed by atoms with Crippen molar-refractivity contribution in [2.75, 3.05) is 0 Å². The number of carbonyl (C=O) groups excluding carboxylic acids is 2. The number of amides is 2. The molecule has 1 saturated heterocycles. The van der Waals surface area contributed by atoms with Crippen molar-refractivity contribution in [2.24, 2.45) is 11.5 Å². The third kappa shape index (κ3) is 3.45. The molecule has 1 heterocycles. The summed E-state index contributed by atoms with van der Waals surface area (Å²) in [6, 6.07) is 15.9. The molecule has 5 nitrogen and oxygen atoms in total. The van der Waals surface area contributed by atoms with E-state index in [0.717, 1.165) is 23.6 Å². The van der Waals surface area contributed by atoms with E-state index in [-0.39, 0.29) is 0 Å². The van der Waals surface area contributed by atoms with Gasteiger partial charge in [-0.3, -0.25) is 9.59 Å². The summed E-state index contributed by atoms with van der Waals surface area (Å²) in [7, 11) is -3.40. The van der Waals surface area contributed by atoms with Crippen molar-refractivity contribution in [3.05, 3.63) is 70.8 Å². The Balaban J connectivity index is 2.14. The second-order valence-electron chi connectivity index (χ2n) is 8.71. The molecule has 0 spiro atoms. The Kier molecular flexibility index (Phi) is 5.12. The fourth-order valence-electron chi connectivity index (χ4n) is 3.79. The molecule has 0 aromatic heterocycles. The molecule has 0 saturated carbocycles. The van der Waals surface area contributed by atoms with Gasteiger partial charge in [0.15, 0.2) is 7.83 Å². The standard InChI is InChI=1S/C21H28N2O3Si2/c1-27(2)14-13-21(26-28(27,3)4,17-9-5-15(6-10-17)19(22)24)18-11-7-16(8-12-18)20(23)25/h5-12H,13-14H2,1-4H3,(H2,22,24)(H2,23,25). The highest BCUT2D eigenvalue weighted by molar-refractivity contribution is 7.38. The predicted octanol–water partition coefficient (Wildman–Crippen LogP) is 3.54. The molecule has 0 radical (unpaired) electrons. The van der Waals surface area contributed by atoms with Crippen molar-refractivity contribution in [1.29, 1.82) is 0 Å². The zero-order chi connectivity index (χ0) is 20.7. The average molecular weight is 413 g/mol. The molecule has 1 fully saturated rings. The first kappa shape index (κ1) is 20.5. The van der Waals surface area contributed by atoms with Crippen LogP contribution in [0.2, 0.25) is 32.2 Å². The minimum atomic E-state index is -1.93. The summed E-state index contributed by atoms with van der Waals surface area (Å²) in [5.74, 6) is -0.890. The Morgan fingerprint density at radius 2 is 1.21 bits per heavy atom. The molecule has 4 N–H and O–H groups in total. The van der Waals surface area contributed by atoms with Crippen LogP contribution in [-0.2, 0) is 10.0 Å².